The van der Waals surface area contributed by atoms with Crippen LogP contribution in [0.25, 0.3) is 0 Å². The molecular weight excluding hydrogens is 412 g/mol. The molecule has 4 aliphatic carbocycles. The fourth-order valence-corrected chi connectivity index (χ4v) is 6.50. The zero-order valence-corrected chi connectivity index (χ0v) is 19.0. The highest BCUT2D eigenvalue weighted by Gasteiger charge is 2.43. The van der Waals surface area contributed by atoms with E-state index in [2.05, 4.69) is 21.9 Å². The highest BCUT2D eigenvalue weighted by molar-refractivity contribution is 5.84. The van der Waals surface area contributed by atoms with Crippen LogP contribution in [0.2, 0.25) is 0 Å². The molecule has 4 aliphatic rings. The Labute approximate surface area is 195 Å². The third kappa shape index (κ3) is 5.32. The van der Waals surface area contributed by atoms with Gasteiger partial charge < -0.3 is 10.1 Å². The molecule has 1 heterocycles. The van der Waals surface area contributed by atoms with Gasteiger partial charge in [-0.3, -0.25) is 9.79 Å². The molecule has 6 heteroatoms. The average Bonchev–Trinajstić information content (AvgIpc) is 3.00. The third-order valence-electron chi connectivity index (χ3n) is 7.69. The van der Waals surface area contributed by atoms with E-state index in [0.29, 0.717) is 0 Å². The van der Waals surface area contributed by atoms with Crippen molar-refractivity contribution in [1.29, 1.82) is 0 Å². The second kappa shape index (κ2) is 9.86. The van der Waals surface area contributed by atoms with Gasteiger partial charge in [0.15, 0.2) is 0 Å². The van der Waals surface area contributed by atoms with Crippen LogP contribution in [-0.4, -0.2) is 28.7 Å². The number of carbonyl (C=O) groups excluding carboxylic acids is 1. The lowest BCUT2D eigenvalue weighted by Gasteiger charge is -2.39. The van der Waals surface area contributed by atoms with Gasteiger partial charge in [-0.15, -0.1) is 0 Å². The molecule has 172 valence electrons. The molecule has 0 saturated heterocycles. The van der Waals surface area contributed by atoms with Gasteiger partial charge in [-0.05, 0) is 85.8 Å². The maximum absolute atomic E-state index is 11.9. The molecule has 6 rings (SSSR count). The largest absolute Gasteiger partial charge is 0.435 e. The molecule has 33 heavy (non-hydrogen) atoms. The Kier molecular flexibility index (Phi) is 6.51. The molecule has 3 atom stereocenters. The highest BCUT2D eigenvalue weighted by Crippen LogP contribution is 2.53. The summed E-state index contributed by atoms with van der Waals surface area (Å²) in [5.41, 5.74) is 3.49. The van der Waals surface area contributed by atoms with Crippen molar-refractivity contribution in [1.82, 2.24) is 9.97 Å². The molecule has 6 nitrogen and oxygen atoms in total. The van der Waals surface area contributed by atoms with Crippen LogP contribution in [0, 0.1) is 29.6 Å². The van der Waals surface area contributed by atoms with Gasteiger partial charge in [-0.1, -0.05) is 12.6 Å². The summed E-state index contributed by atoms with van der Waals surface area (Å²) < 4.78 is 4.89. The van der Waals surface area contributed by atoms with E-state index in [9.17, 15) is 4.79 Å². The van der Waals surface area contributed by atoms with E-state index >= 15 is 0 Å². The van der Waals surface area contributed by atoms with Crippen LogP contribution >= 0.6 is 0 Å². The van der Waals surface area contributed by atoms with Crippen molar-refractivity contribution >= 4 is 23.6 Å². The van der Waals surface area contributed by atoms with Crippen LogP contribution in [0.15, 0.2) is 54.8 Å². The van der Waals surface area contributed by atoms with Gasteiger partial charge in [0.2, 0.25) is 0 Å². The topological polar surface area (TPSA) is 76.5 Å². The maximum Gasteiger partial charge on any atom is 0.315 e. The standard InChI is InChI=1S/C27H32N4O2/c1-2-33-27(32)12-18-3-4-25(26(11-18)30-15-22-13-28-17-29-14-22)31-16-24-10-21-6-19-5-20(7-21)9-23(24)8-19/h2-4,11,13-15,17,19-21,23-24,31H,1,5-10,12,16H2. The molecule has 1 aromatic carbocycles. The SMILES string of the molecule is C=COC(=O)Cc1ccc(NCC2CC3CC4CC(C3)CC2C4)c(N=Cc2cncnc2)c1. The van der Waals surface area contributed by atoms with Gasteiger partial charge in [0.05, 0.1) is 24.1 Å². The Bertz CT molecular complexity index is 1010. The number of hydrogen-bond acceptors (Lipinski definition) is 6. The Morgan fingerprint density at radius 2 is 1.82 bits per heavy atom. The second-order valence-corrected chi connectivity index (χ2v) is 10.0. The molecule has 0 aliphatic heterocycles. The van der Waals surface area contributed by atoms with Crippen LogP contribution in [-0.2, 0) is 16.0 Å². The van der Waals surface area contributed by atoms with E-state index in [1.807, 2.05) is 18.2 Å². The Morgan fingerprint density at radius 1 is 1.09 bits per heavy atom. The maximum atomic E-state index is 11.9. The van der Waals surface area contributed by atoms with Crippen LogP contribution < -0.4 is 5.32 Å². The van der Waals surface area contributed by atoms with Gasteiger partial charge in [0.25, 0.3) is 0 Å². The van der Waals surface area contributed by atoms with E-state index in [-0.39, 0.29) is 12.4 Å². The van der Waals surface area contributed by atoms with Gasteiger partial charge in [-0.25, -0.2) is 9.97 Å². The molecule has 1 aromatic heterocycles. The van der Waals surface area contributed by atoms with Crippen molar-refractivity contribution in [3.8, 4) is 0 Å². The Morgan fingerprint density at radius 3 is 2.55 bits per heavy atom. The molecule has 4 bridgehead atoms. The quantitative estimate of drug-likeness (QED) is 0.338. The second-order valence-electron chi connectivity index (χ2n) is 10.0. The monoisotopic (exact) mass is 444 g/mol. The minimum atomic E-state index is -0.332. The van der Waals surface area contributed by atoms with Crippen molar-refractivity contribution < 1.29 is 9.53 Å². The van der Waals surface area contributed by atoms with Crippen molar-refractivity contribution in [2.45, 2.75) is 44.9 Å². The number of benzene rings is 1. The predicted molar refractivity (Wildman–Crippen MR) is 129 cm³/mol. The zero-order chi connectivity index (χ0) is 22.6. The summed E-state index contributed by atoms with van der Waals surface area (Å²) >= 11 is 0. The fourth-order valence-electron chi connectivity index (χ4n) is 6.50. The normalized spacial score (nSPS) is 27.9. The van der Waals surface area contributed by atoms with Crippen LogP contribution in [0.1, 0.15) is 49.7 Å². The van der Waals surface area contributed by atoms with E-state index in [4.69, 9.17) is 9.73 Å². The van der Waals surface area contributed by atoms with Gasteiger partial charge in [0.1, 0.15) is 6.33 Å². The third-order valence-corrected chi connectivity index (χ3v) is 7.69. The number of nitrogens with zero attached hydrogens (tertiary/aromatic N) is 3. The summed E-state index contributed by atoms with van der Waals surface area (Å²) in [6.07, 6.45) is 16.6. The first-order chi connectivity index (χ1) is 16.2. The molecular formula is C27H32N4O2. The number of ether oxygens (including phenoxy) is 1. The number of esters is 1. The summed E-state index contributed by atoms with van der Waals surface area (Å²) in [4.78, 5) is 24.8. The lowest BCUT2D eigenvalue weighted by molar-refractivity contribution is -0.137. The number of anilines is 1. The Hall–Kier alpha value is -3.02. The van der Waals surface area contributed by atoms with E-state index < -0.39 is 0 Å². The van der Waals surface area contributed by atoms with Crippen molar-refractivity contribution in [2.75, 3.05) is 11.9 Å². The smallest absolute Gasteiger partial charge is 0.315 e. The summed E-state index contributed by atoms with van der Waals surface area (Å²) in [6, 6.07) is 5.95. The molecule has 3 unspecified atom stereocenters. The minimum Gasteiger partial charge on any atom is -0.435 e. The minimum absolute atomic E-state index is 0.179. The van der Waals surface area contributed by atoms with Gasteiger partial charge >= 0.3 is 5.97 Å². The molecule has 0 radical (unpaired) electrons. The van der Waals surface area contributed by atoms with Gasteiger partial charge in [-0.2, -0.15) is 0 Å². The van der Waals surface area contributed by atoms with Crippen LogP contribution in [0.5, 0.6) is 0 Å². The summed E-state index contributed by atoms with van der Waals surface area (Å²) in [5.74, 6) is 4.12. The number of nitrogens with one attached hydrogen (secondary N) is 1. The van der Waals surface area contributed by atoms with Gasteiger partial charge in [0, 0.05) is 30.7 Å². The van der Waals surface area contributed by atoms with Crippen molar-refractivity contribution in [2.24, 2.45) is 34.6 Å². The number of aliphatic imine (C=N–C) groups is 1. The lowest BCUT2D eigenvalue weighted by atomic mass is 9.67. The summed E-state index contributed by atoms with van der Waals surface area (Å²) in [5, 5.41) is 3.72. The average molecular weight is 445 g/mol. The Balaban J connectivity index is 1.33. The summed E-state index contributed by atoms with van der Waals surface area (Å²) in [7, 11) is 0. The van der Waals surface area contributed by atoms with Crippen molar-refractivity contribution in [3.63, 3.8) is 0 Å². The first kappa shape index (κ1) is 21.8. The first-order valence-corrected chi connectivity index (χ1v) is 12.1. The van der Waals surface area contributed by atoms with Crippen LogP contribution in [0.4, 0.5) is 11.4 Å². The number of carbonyl (C=O) groups is 1. The molecule has 4 fully saturated rings. The predicted octanol–water partition coefficient (Wildman–Crippen LogP) is 5.33. The highest BCUT2D eigenvalue weighted by atomic mass is 16.5. The van der Waals surface area contributed by atoms with Crippen molar-refractivity contribution in [3.05, 3.63) is 60.9 Å². The molecule has 0 spiro atoms. The molecule has 0 amide bonds. The first-order valence-electron chi connectivity index (χ1n) is 12.1. The fraction of sp³-hybridized carbons (Fsp3) is 0.481. The number of rotatable bonds is 8. The molecule has 4 saturated carbocycles. The zero-order valence-electron chi connectivity index (χ0n) is 19.0. The number of hydrogen-bond donors (Lipinski definition) is 1. The number of fused-ring (bicyclic) bond motifs is 1. The number of aromatic nitrogens is 2. The molecule has 2 aromatic rings. The van der Waals surface area contributed by atoms with Crippen LogP contribution in [0.3, 0.4) is 0 Å². The summed E-state index contributed by atoms with van der Waals surface area (Å²) in [6.45, 7) is 4.44. The van der Waals surface area contributed by atoms with E-state index in [1.54, 1.807) is 18.6 Å². The lowest BCUT2D eigenvalue weighted by Crippen LogP contribution is -2.29. The van der Waals surface area contributed by atoms with E-state index in [0.717, 1.165) is 58.6 Å². The van der Waals surface area contributed by atoms with E-state index in [1.165, 1.54) is 51.1 Å². The molecule has 1 N–H and O–H groups in total.